The minimum absolute atomic E-state index is 0.325. The second kappa shape index (κ2) is 5.40. The number of ether oxygens (including phenoxy) is 1. The average Bonchev–Trinajstić information content (AvgIpc) is 1.61. The van der Waals surface area contributed by atoms with E-state index >= 15 is 0 Å². The van der Waals surface area contributed by atoms with Crippen molar-refractivity contribution in [2.75, 3.05) is 18.7 Å². The summed E-state index contributed by atoms with van der Waals surface area (Å²) in [5, 5.41) is 0.865. The zero-order valence-electron chi connectivity index (χ0n) is 3.48. The first-order chi connectivity index (χ1) is 2.91. The Morgan fingerprint density at radius 3 is 2.50 bits per heavy atom. The van der Waals surface area contributed by atoms with E-state index in [1.807, 2.05) is 0 Å². The van der Waals surface area contributed by atoms with Gasteiger partial charge in [-0.1, -0.05) is 15.9 Å². The first-order valence-corrected chi connectivity index (χ1v) is 2.87. The molecule has 2 N–H and O–H groups in total. The summed E-state index contributed by atoms with van der Waals surface area (Å²) in [6.45, 7) is 1.03. The SMILES string of the molecule is NCOCCBr. The molecule has 0 spiro atoms. The Bertz CT molecular complexity index is 22.8. The van der Waals surface area contributed by atoms with Gasteiger partial charge in [0.25, 0.3) is 0 Å². The second-order valence-corrected chi connectivity index (χ2v) is 1.56. The molecule has 0 saturated heterocycles. The van der Waals surface area contributed by atoms with Crippen molar-refractivity contribution < 1.29 is 4.74 Å². The van der Waals surface area contributed by atoms with Gasteiger partial charge in [0.2, 0.25) is 0 Å². The van der Waals surface area contributed by atoms with E-state index in [0.717, 1.165) is 5.33 Å². The molecule has 0 unspecified atom stereocenters. The van der Waals surface area contributed by atoms with Crippen LogP contribution >= 0.6 is 15.9 Å². The molecule has 0 atom stereocenters. The van der Waals surface area contributed by atoms with Crippen molar-refractivity contribution in [3.05, 3.63) is 0 Å². The van der Waals surface area contributed by atoms with Crippen LogP contribution in [0, 0.1) is 0 Å². The minimum atomic E-state index is 0.325. The van der Waals surface area contributed by atoms with Gasteiger partial charge in [0.15, 0.2) is 0 Å². The number of halogens is 1. The highest BCUT2D eigenvalue weighted by Crippen LogP contribution is 1.77. The molecule has 3 heteroatoms. The summed E-state index contributed by atoms with van der Waals surface area (Å²) in [5.41, 5.74) is 4.97. The first kappa shape index (κ1) is 6.40. The zero-order valence-corrected chi connectivity index (χ0v) is 5.07. The number of nitrogens with two attached hydrogens (primary N) is 1. The van der Waals surface area contributed by atoms with Gasteiger partial charge in [-0.15, -0.1) is 0 Å². The van der Waals surface area contributed by atoms with E-state index in [-0.39, 0.29) is 0 Å². The maximum atomic E-state index is 4.97. The number of hydrogen-bond donors (Lipinski definition) is 1. The monoisotopic (exact) mass is 153 g/mol. The van der Waals surface area contributed by atoms with Crippen LogP contribution in [0.3, 0.4) is 0 Å². The Kier molecular flexibility index (Phi) is 5.76. The highest BCUT2D eigenvalue weighted by Gasteiger charge is 1.74. The van der Waals surface area contributed by atoms with Gasteiger partial charge in [-0.25, -0.2) is 0 Å². The fourth-order valence-electron chi connectivity index (χ4n) is 0.138. The summed E-state index contributed by atoms with van der Waals surface area (Å²) in [6, 6.07) is 0. The Balaban J connectivity index is 2.34. The molecule has 2 nitrogen and oxygen atoms in total. The smallest absolute Gasteiger partial charge is 0.0940 e. The second-order valence-electron chi connectivity index (χ2n) is 0.764. The van der Waals surface area contributed by atoms with Crippen LogP contribution < -0.4 is 5.73 Å². The van der Waals surface area contributed by atoms with Crippen molar-refractivity contribution >= 4 is 15.9 Å². The lowest BCUT2D eigenvalue weighted by atomic mass is 10.9. The quantitative estimate of drug-likeness (QED) is 0.360. The number of hydrogen-bond acceptors (Lipinski definition) is 2. The van der Waals surface area contributed by atoms with Crippen LogP contribution in [0.1, 0.15) is 0 Å². The topological polar surface area (TPSA) is 35.2 Å². The zero-order chi connectivity index (χ0) is 4.83. The standard InChI is InChI=1S/C3H8BrNO/c4-1-2-6-3-5/h1-3,5H2. The molecule has 0 rings (SSSR count). The summed E-state index contributed by atoms with van der Waals surface area (Å²) in [7, 11) is 0. The molecule has 0 bridgehead atoms. The number of alkyl halides is 1. The van der Waals surface area contributed by atoms with Crippen LogP contribution in [0.4, 0.5) is 0 Å². The average molecular weight is 154 g/mol. The summed E-state index contributed by atoms with van der Waals surface area (Å²) in [6.07, 6.45) is 0. The Morgan fingerprint density at radius 1 is 1.67 bits per heavy atom. The normalized spacial score (nSPS) is 9.00. The third-order valence-corrected chi connectivity index (χ3v) is 0.663. The minimum Gasteiger partial charge on any atom is -0.366 e. The first-order valence-electron chi connectivity index (χ1n) is 1.75. The van der Waals surface area contributed by atoms with Gasteiger partial charge in [-0.05, 0) is 0 Å². The molecular weight excluding hydrogens is 146 g/mol. The summed E-state index contributed by atoms with van der Waals surface area (Å²) < 4.78 is 4.71. The van der Waals surface area contributed by atoms with Crippen LogP contribution in [0.15, 0.2) is 0 Å². The third-order valence-electron chi connectivity index (χ3n) is 0.339. The van der Waals surface area contributed by atoms with E-state index in [0.29, 0.717) is 13.3 Å². The molecule has 0 fully saturated rings. The molecule has 0 aliphatic carbocycles. The molecule has 0 aromatic rings. The van der Waals surface area contributed by atoms with Crippen molar-refractivity contribution in [3.63, 3.8) is 0 Å². The van der Waals surface area contributed by atoms with E-state index in [9.17, 15) is 0 Å². The van der Waals surface area contributed by atoms with Crippen molar-refractivity contribution in [2.24, 2.45) is 5.73 Å². The predicted octanol–water partition coefficient (Wildman–Crippen LogP) is 0.314. The Morgan fingerprint density at radius 2 is 2.33 bits per heavy atom. The molecule has 6 heavy (non-hydrogen) atoms. The van der Waals surface area contributed by atoms with Crippen molar-refractivity contribution in [1.82, 2.24) is 0 Å². The fraction of sp³-hybridized carbons (Fsp3) is 1.00. The van der Waals surface area contributed by atoms with Crippen LogP contribution in [-0.2, 0) is 4.74 Å². The van der Waals surface area contributed by atoms with Crippen LogP contribution in [-0.4, -0.2) is 18.7 Å². The van der Waals surface area contributed by atoms with Gasteiger partial charge in [0, 0.05) is 5.33 Å². The third kappa shape index (κ3) is 4.40. The summed E-state index contributed by atoms with van der Waals surface area (Å²) in [4.78, 5) is 0. The van der Waals surface area contributed by atoms with Gasteiger partial charge in [0.1, 0.15) is 0 Å². The summed E-state index contributed by atoms with van der Waals surface area (Å²) >= 11 is 3.17. The maximum absolute atomic E-state index is 4.97. The van der Waals surface area contributed by atoms with E-state index in [2.05, 4.69) is 15.9 Å². The van der Waals surface area contributed by atoms with Crippen molar-refractivity contribution in [1.29, 1.82) is 0 Å². The molecule has 0 saturated carbocycles. The number of rotatable bonds is 3. The summed E-state index contributed by atoms with van der Waals surface area (Å²) in [5.74, 6) is 0. The van der Waals surface area contributed by atoms with Crippen LogP contribution in [0.5, 0.6) is 0 Å². The van der Waals surface area contributed by atoms with E-state index in [1.165, 1.54) is 0 Å². The molecule has 38 valence electrons. The maximum Gasteiger partial charge on any atom is 0.0940 e. The molecule has 0 aromatic carbocycles. The molecule has 0 radical (unpaired) electrons. The van der Waals surface area contributed by atoms with Gasteiger partial charge in [-0.3, -0.25) is 0 Å². The Hall–Kier alpha value is 0.400. The van der Waals surface area contributed by atoms with Crippen molar-refractivity contribution in [3.8, 4) is 0 Å². The highest BCUT2D eigenvalue weighted by atomic mass is 79.9. The van der Waals surface area contributed by atoms with Gasteiger partial charge < -0.3 is 10.5 Å². The van der Waals surface area contributed by atoms with Crippen molar-refractivity contribution in [2.45, 2.75) is 0 Å². The van der Waals surface area contributed by atoms with E-state index in [4.69, 9.17) is 10.5 Å². The van der Waals surface area contributed by atoms with Crippen LogP contribution in [0.2, 0.25) is 0 Å². The van der Waals surface area contributed by atoms with Crippen LogP contribution in [0.25, 0.3) is 0 Å². The molecular formula is C3H8BrNO. The molecule has 0 aliphatic heterocycles. The predicted molar refractivity (Wildman–Crippen MR) is 28.8 cm³/mol. The van der Waals surface area contributed by atoms with E-state index in [1.54, 1.807) is 0 Å². The van der Waals surface area contributed by atoms with Gasteiger partial charge in [-0.2, -0.15) is 0 Å². The molecule has 0 aromatic heterocycles. The lowest BCUT2D eigenvalue weighted by molar-refractivity contribution is 0.158. The lowest BCUT2D eigenvalue weighted by Gasteiger charge is -1.90. The largest absolute Gasteiger partial charge is 0.366 e. The lowest BCUT2D eigenvalue weighted by Crippen LogP contribution is -2.05. The highest BCUT2D eigenvalue weighted by molar-refractivity contribution is 9.09. The molecule has 0 heterocycles. The van der Waals surface area contributed by atoms with Gasteiger partial charge >= 0.3 is 0 Å². The van der Waals surface area contributed by atoms with Gasteiger partial charge in [0.05, 0.1) is 13.3 Å². The fourth-order valence-corrected chi connectivity index (χ4v) is 0.367. The Labute approximate surface area is 45.8 Å². The molecule has 0 amide bonds. The molecule has 0 aliphatic rings. The van der Waals surface area contributed by atoms with E-state index < -0.39 is 0 Å².